The van der Waals surface area contributed by atoms with Crippen LogP contribution in [0.2, 0.25) is 0 Å². The van der Waals surface area contributed by atoms with Crippen LogP contribution in [-0.2, 0) is 15.9 Å². The number of hydrogen-bond donors (Lipinski definition) is 0. The number of rotatable bonds is 10. The molecular formula is C31H38F4O2. The van der Waals surface area contributed by atoms with Crippen LogP contribution in [0.3, 0.4) is 0 Å². The molecule has 37 heavy (non-hydrogen) atoms. The monoisotopic (exact) mass is 518 g/mol. The molecule has 0 saturated carbocycles. The third-order valence-corrected chi connectivity index (χ3v) is 7.96. The van der Waals surface area contributed by atoms with Gasteiger partial charge in [0.05, 0.1) is 18.8 Å². The molecule has 2 fully saturated rings. The lowest BCUT2D eigenvalue weighted by Crippen LogP contribution is -2.26. The van der Waals surface area contributed by atoms with Crippen molar-refractivity contribution in [3.63, 3.8) is 0 Å². The fourth-order valence-electron chi connectivity index (χ4n) is 5.68. The molecule has 2 nitrogen and oxygen atoms in total. The Balaban J connectivity index is 1.41. The van der Waals surface area contributed by atoms with Gasteiger partial charge >= 0.3 is 0 Å². The van der Waals surface area contributed by atoms with Crippen LogP contribution < -0.4 is 0 Å². The SMILES string of the molecule is C=CCCC1CCC(CCc2ccc(-c3ccc(C4CCC(CCC)CO4)c(F)c3F)c(F)c2F)OC1. The molecule has 4 rings (SSSR count). The molecule has 0 spiro atoms. The Morgan fingerprint density at radius 3 is 2.11 bits per heavy atom. The summed E-state index contributed by atoms with van der Waals surface area (Å²) in [5.41, 5.74) is -0.220. The molecule has 0 amide bonds. The maximum atomic E-state index is 15.1. The van der Waals surface area contributed by atoms with Crippen LogP contribution in [0.4, 0.5) is 17.6 Å². The molecule has 6 heteroatoms. The van der Waals surface area contributed by atoms with E-state index in [1.807, 2.05) is 6.08 Å². The fraction of sp³-hybridized carbons (Fsp3) is 0.548. The normalized spacial score (nSPS) is 24.2. The molecule has 202 valence electrons. The first-order valence-electron chi connectivity index (χ1n) is 13.7. The molecule has 0 aliphatic carbocycles. The predicted molar refractivity (Wildman–Crippen MR) is 138 cm³/mol. The second kappa shape index (κ2) is 13.1. The van der Waals surface area contributed by atoms with Crippen LogP contribution in [0.1, 0.15) is 81.9 Å². The molecule has 2 aliphatic rings. The molecule has 2 saturated heterocycles. The maximum absolute atomic E-state index is 15.1. The molecule has 2 heterocycles. The molecule has 0 radical (unpaired) electrons. The van der Waals surface area contributed by atoms with Crippen LogP contribution in [-0.4, -0.2) is 19.3 Å². The zero-order chi connectivity index (χ0) is 26.4. The Kier molecular flexibility index (Phi) is 9.83. The zero-order valence-corrected chi connectivity index (χ0v) is 21.7. The number of aryl methyl sites for hydroxylation is 1. The van der Waals surface area contributed by atoms with Crippen LogP contribution in [0.15, 0.2) is 36.9 Å². The van der Waals surface area contributed by atoms with Crippen molar-refractivity contribution < 1.29 is 27.0 Å². The van der Waals surface area contributed by atoms with Gasteiger partial charge in [0.2, 0.25) is 0 Å². The van der Waals surface area contributed by atoms with Crippen molar-refractivity contribution in [1.82, 2.24) is 0 Å². The van der Waals surface area contributed by atoms with Crippen molar-refractivity contribution in [2.24, 2.45) is 11.8 Å². The first-order valence-corrected chi connectivity index (χ1v) is 13.7. The Labute approximate surface area is 218 Å². The predicted octanol–water partition coefficient (Wildman–Crippen LogP) is 8.87. The Bertz CT molecular complexity index is 1050. The van der Waals surface area contributed by atoms with E-state index in [0.717, 1.165) is 44.9 Å². The van der Waals surface area contributed by atoms with Gasteiger partial charge in [0.1, 0.15) is 0 Å². The molecule has 4 unspecified atom stereocenters. The summed E-state index contributed by atoms with van der Waals surface area (Å²) in [6.07, 6.45) is 9.89. The van der Waals surface area contributed by atoms with Gasteiger partial charge in [-0.25, -0.2) is 17.6 Å². The van der Waals surface area contributed by atoms with Crippen molar-refractivity contribution in [2.75, 3.05) is 13.2 Å². The van der Waals surface area contributed by atoms with Gasteiger partial charge in [-0.2, -0.15) is 0 Å². The van der Waals surface area contributed by atoms with Crippen LogP contribution >= 0.6 is 0 Å². The lowest BCUT2D eigenvalue weighted by molar-refractivity contribution is -0.0214. The minimum Gasteiger partial charge on any atom is -0.378 e. The maximum Gasteiger partial charge on any atom is 0.167 e. The number of halogens is 4. The molecule has 2 aromatic rings. The third kappa shape index (κ3) is 6.64. The highest BCUT2D eigenvalue weighted by atomic mass is 19.2. The second-order valence-corrected chi connectivity index (χ2v) is 10.6. The quantitative estimate of drug-likeness (QED) is 0.231. The van der Waals surface area contributed by atoms with Gasteiger partial charge in [-0.3, -0.25) is 0 Å². The second-order valence-electron chi connectivity index (χ2n) is 10.6. The van der Waals surface area contributed by atoms with Gasteiger partial charge in [0, 0.05) is 23.3 Å². The number of benzene rings is 2. The Morgan fingerprint density at radius 1 is 0.784 bits per heavy atom. The van der Waals surface area contributed by atoms with Crippen molar-refractivity contribution in [3.8, 4) is 11.1 Å². The summed E-state index contributed by atoms with van der Waals surface area (Å²) in [5.74, 6) is -3.45. The molecule has 2 aromatic carbocycles. The number of hydrogen-bond acceptors (Lipinski definition) is 2. The van der Waals surface area contributed by atoms with Crippen LogP contribution in [0.5, 0.6) is 0 Å². The Hall–Kier alpha value is -2.18. The number of allylic oxidation sites excluding steroid dienone is 1. The van der Waals surface area contributed by atoms with Gasteiger partial charge in [0.25, 0.3) is 0 Å². The average Bonchev–Trinajstić information content (AvgIpc) is 2.91. The molecule has 4 atom stereocenters. The lowest BCUT2D eigenvalue weighted by atomic mass is 9.90. The minimum atomic E-state index is -1.18. The summed E-state index contributed by atoms with van der Waals surface area (Å²) in [6, 6.07) is 5.57. The summed E-state index contributed by atoms with van der Waals surface area (Å²) >= 11 is 0. The van der Waals surface area contributed by atoms with E-state index in [1.165, 1.54) is 24.3 Å². The largest absolute Gasteiger partial charge is 0.378 e. The Morgan fingerprint density at radius 2 is 1.46 bits per heavy atom. The molecule has 0 aromatic heterocycles. The molecule has 0 N–H and O–H groups in total. The lowest BCUT2D eigenvalue weighted by Gasteiger charge is -2.29. The topological polar surface area (TPSA) is 18.5 Å². The summed E-state index contributed by atoms with van der Waals surface area (Å²) in [6.45, 7) is 7.06. The van der Waals surface area contributed by atoms with Gasteiger partial charge < -0.3 is 9.47 Å². The summed E-state index contributed by atoms with van der Waals surface area (Å²) in [4.78, 5) is 0. The van der Waals surface area contributed by atoms with Gasteiger partial charge in [0.15, 0.2) is 23.3 Å². The first kappa shape index (κ1) is 27.8. The average molecular weight is 519 g/mol. The molecule has 2 aliphatic heterocycles. The van der Waals surface area contributed by atoms with Crippen LogP contribution in [0.25, 0.3) is 11.1 Å². The van der Waals surface area contributed by atoms with Crippen molar-refractivity contribution in [3.05, 3.63) is 71.3 Å². The van der Waals surface area contributed by atoms with Crippen molar-refractivity contribution >= 4 is 0 Å². The molecular weight excluding hydrogens is 480 g/mol. The van der Waals surface area contributed by atoms with Gasteiger partial charge in [-0.05, 0) is 75.2 Å². The van der Waals surface area contributed by atoms with E-state index in [9.17, 15) is 4.39 Å². The van der Waals surface area contributed by atoms with Crippen LogP contribution in [0, 0.1) is 35.1 Å². The van der Waals surface area contributed by atoms with Gasteiger partial charge in [-0.1, -0.05) is 43.7 Å². The van der Waals surface area contributed by atoms with E-state index in [0.29, 0.717) is 44.3 Å². The van der Waals surface area contributed by atoms with Gasteiger partial charge in [-0.15, -0.1) is 6.58 Å². The highest BCUT2D eigenvalue weighted by Crippen LogP contribution is 2.37. The van der Waals surface area contributed by atoms with E-state index in [-0.39, 0.29) is 28.4 Å². The first-order chi connectivity index (χ1) is 17.9. The smallest absolute Gasteiger partial charge is 0.167 e. The summed E-state index contributed by atoms with van der Waals surface area (Å²) in [5, 5.41) is 0. The third-order valence-electron chi connectivity index (χ3n) is 7.96. The fourth-order valence-corrected chi connectivity index (χ4v) is 5.68. The van der Waals surface area contributed by atoms with E-state index < -0.39 is 29.4 Å². The standard InChI is InChI=1S/C31H38F4O2/c1-3-5-7-21-8-12-23(36-18-21)13-10-22-11-14-24(29(33)28(22)32)25-15-16-26(31(35)30(25)34)27-17-9-20(6-4-2)19-37-27/h3,11,14-16,20-21,23,27H,1,4-10,12-13,17-19H2,2H3. The highest BCUT2D eigenvalue weighted by molar-refractivity contribution is 5.66. The van der Waals surface area contributed by atoms with Crippen molar-refractivity contribution in [2.45, 2.75) is 83.3 Å². The molecule has 0 bridgehead atoms. The van der Waals surface area contributed by atoms with Crippen molar-refractivity contribution in [1.29, 1.82) is 0 Å². The summed E-state index contributed by atoms with van der Waals surface area (Å²) in [7, 11) is 0. The minimum absolute atomic E-state index is 0.0143. The van der Waals surface area contributed by atoms with E-state index >= 15 is 13.2 Å². The van der Waals surface area contributed by atoms with E-state index in [4.69, 9.17) is 9.47 Å². The zero-order valence-electron chi connectivity index (χ0n) is 21.7. The van der Waals surface area contributed by atoms with E-state index in [2.05, 4.69) is 13.5 Å². The number of ether oxygens (including phenoxy) is 2. The van der Waals surface area contributed by atoms with E-state index in [1.54, 1.807) is 0 Å². The summed E-state index contributed by atoms with van der Waals surface area (Å²) < 4.78 is 71.8. The highest BCUT2D eigenvalue weighted by Gasteiger charge is 2.28.